The van der Waals surface area contributed by atoms with Crippen LogP contribution >= 0.6 is 23.8 Å². The number of nitrogens with one attached hydrogen (secondary N) is 1. The molecule has 0 aliphatic carbocycles. The Morgan fingerprint density at radius 3 is 2.83 bits per heavy atom. The molecule has 0 saturated carbocycles. The summed E-state index contributed by atoms with van der Waals surface area (Å²) >= 11 is 11.2. The van der Waals surface area contributed by atoms with Crippen LogP contribution in [-0.2, 0) is 6.54 Å². The Hall–Kier alpha value is -0.910. The molecule has 2 aromatic heterocycles. The lowest BCUT2D eigenvalue weighted by Crippen LogP contribution is -2.27. The van der Waals surface area contributed by atoms with Crippen LogP contribution in [0.1, 0.15) is 13.8 Å². The van der Waals surface area contributed by atoms with E-state index in [1.807, 2.05) is 10.6 Å². The summed E-state index contributed by atoms with van der Waals surface area (Å²) in [5.41, 5.74) is 1.77. The van der Waals surface area contributed by atoms with Crippen LogP contribution in [0.2, 0.25) is 5.02 Å². The SMILES string of the molecule is CCN(CC)CCn1c(=S)[nH]c2cc(Cl)cnc21. The van der Waals surface area contributed by atoms with Gasteiger partial charge in [0.1, 0.15) is 0 Å². The maximum atomic E-state index is 5.92. The molecule has 1 N–H and O–H groups in total. The van der Waals surface area contributed by atoms with Gasteiger partial charge in [-0.1, -0.05) is 25.4 Å². The van der Waals surface area contributed by atoms with Gasteiger partial charge in [0, 0.05) is 19.3 Å². The van der Waals surface area contributed by atoms with E-state index in [4.69, 9.17) is 23.8 Å². The van der Waals surface area contributed by atoms with E-state index >= 15 is 0 Å². The van der Waals surface area contributed by atoms with Gasteiger partial charge in [-0.15, -0.1) is 0 Å². The molecule has 0 bridgehead atoms. The number of H-pyrrole nitrogens is 1. The average Bonchev–Trinajstić information content (AvgIpc) is 2.66. The van der Waals surface area contributed by atoms with E-state index in [1.165, 1.54) is 0 Å². The first kappa shape index (κ1) is 13.5. The maximum absolute atomic E-state index is 5.92. The summed E-state index contributed by atoms with van der Waals surface area (Å²) in [6.07, 6.45) is 1.65. The van der Waals surface area contributed by atoms with Crippen molar-refractivity contribution >= 4 is 35.0 Å². The second-order valence-electron chi connectivity index (χ2n) is 4.13. The predicted octanol–water partition coefficient (Wildman–Crippen LogP) is 3.09. The first-order valence-electron chi connectivity index (χ1n) is 6.12. The quantitative estimate of drug-likeness (QED) is 0.857. The normalized spacial score (nSPS) is 11.6. The molecule has 98 valence electrons. The van der Waals surface area contributed by atoms with Crippen molar-refractivity contribution in [3.8, 4) is 0 Å². The third-order valence-electron chi connectivity index (χ3n) is 3.11. The van der Waals surface area contributed by atoms with Gasteiger partial charge in [0.2, 0.25) is 0 Å². The van der Waals surface area contributed by atoms with Crippen LogP contribution in [0.3, 0.4) is 0 Å². The zero-order valence-corrected chi connectivity index (χ0v) is 12.2. The molecule has 2 rings (SSSR count). The van der Waals surface area contributed by atoms with Gasteiger partial charge in [0.15, 0.2) is 10.4 Å². The largest absolute Gasteiger partial charge is 0.329 e. The van der Waals surface area contributed by atoms with Crippen molar-refractivity contribution < 1.29 is 0 Å². The van der Waals surface area contributed by atoms with E-state index < -0.39 is 0 Å². The minimum atomic E-state index is 0.620. The number of hydrogen-bond donors (Lipinski definition) is 1. The van der Waals surface area contributed by atoms with Crippen molar-refractivity contribution in [2.24, 2.45) is 0 Å². The molecule has 6 heteroatoms. The first-order valence-corrected chi connectivity index (χ1v) is 6.90. The van der Waals surface area contributed by atoms with Gasteiger partial charge in [-0.05, 0) is 31.4 Å². The summed E-state index contributed by atoms with van der Waals surface area (Å²) in [4.78, 5) is 9.84. The number of hydrogen-bond acceptors (Lipinski definition) is 3. The van der Waals surface area contributed by atoms with Crippen LogP contribution in [-0.4, -0.2) is 39.1 Å². The van der Waals surface area contributed by atoms with Crippen LogP contribution in [0.4, 0.5) is 0 Å². The van der Waals surface area contributed by atoms with Crippen LogP contribution < -0.4 is 0 Å². The molecule has 0 radical (unpaired) electrons. The van der Waals surface area contributed by atoms with Gasteiger partial charge >= 0.3 is 0 Å². The second-order valence-corrected chi connectivity index (χ2v) is 4.96. The first-order chi connectivity index (χ1) is 8.65. The molecule has 0 aliphatic rings. The lowest BCUT2D eigenvalue weighted by molar-refractivity contribution is 0.291. The number of rotatable bonds is 5. The summed E-state index contributed by atoms with van der Waals surface area (Å²) in [5, 5.41) is 0.620. The number of aromatic nitrogens is 3. The summed E-state index contributed by atoms with van der Waals surface area (Å²) in [6.45, 7) is 8.23. The third kappa shape index (κ3) is 2.74. The van der Waals surface area contributed by atoms with Crippen molar-refractivity contribution in [1.29, 1.82) is 0 Å². The number of nitrogens with zero attached hydrogens (tertiary/aromatic N) is 3. The molecular weight excluding hydrogens is 268 g/mol. The zero-order chi connectivity index (χ0) is 13.1. The van der Waals surface area contributed by atoms with E-state index in [1.54, 1.807) is 6.20 Å². The molecule has 0 atom stereocenters. The number of fused-ring (bicyclic) bond motifs is 1. The molecule has 0 fully saturated rings. The molecule has 0 aromatic carbocycles. The second kappa shape index (κ2) is 5.82. The van der Waals surface area contributed by atoms with E-state index in [0.717, 1.165) is 37.3 Å². The Labute approximate surface area is 117 Å². The van der Waals surface area contributed by atoms with Crippen LogP contribution in [0.25, 0.3) is 11.2 Å². The van der Waals surface area contributed by atoms with E-state index in [2.05, 4.69) is 28.7 Å². The molecule has 18 heavy (non-hydrogen) atoms. The van der Waals surface area contributed by atoms with Crippen LogP contribution in [0.5, 0.6) is 0 Å². The fraction of sp³-hybridized carbons (Fsp3) is 0.500. The van der Waals surface area contributed by atoms with E-state index in [-0.39, 0.29) is 0 Å². The highest BCUT2D eigenvalue weighted by atomic mass is 35.5. The van der Waals surface area contributed by atoms with Gasteiger partial charge in [-0.2, -0.15) is 0 Å². The highest BCUT2D eigenvalue weighted by Gasteiger charge is 2.07. The lowest BCUT2D eigenvalue weighted by atomic mass is 10.4. The highest BCUT2D eigenvalue weighted by Crippen LogP contribution is 2.16. The Kier molecular flexibility index (Phi) is 4.37. The molecule has 0 amide bonds. The zero-order valence-electron chi connectivity index (χ0n) is 10.6. The topological polar surface area (TPSA) is 36.9 Å². The van der Waals surface area contributed by atoms with E-state index in [0.29, 0.717) is 9.79 Å². The maximum Gasteiger partial charge on any atom is 0.179 e. The highest BCUT2D eigenvalue weighted by molar-refractivity contribution is 7.71. The summed E-state index contributed by atoms with van der Waals surface area (Å²) in [7, 11) is 0. The molecule has 0 saturated heterocycles. The summed E-state index contributed by atoms with van der Waals surface area (Å²) in [5.74, 6) is 0. The number of halogens is 1. The van der Waals surface area contributed by atoms with Gasteiger partial charge in [-0.25, -0.2) is 4.98 Å². The Morgan fingerprint density at radius 2 is 2.17 bits per heavy atom. The number of aromatic amines is 1. The standard InChI is InChI=1S/C12H17ClN4S/c1-3-16(4-2)5-6-17-11-10(15-12(17)18)7-9(13)8-14-11/h7-8H,3-6H2,1-2H3,(H,15,18). The summed E-state index contributed by atoms with van der Waals surface area (Å²) in [6, 6.07) is 1.85. The van der Waals surface area contributed by atoms with Gasteiger partial charge in [0.25, 0.3) is 0 Å². The van der Waals surface area contributed by atoms with Crippen LogP contribution in [0.15, 0.2) is 12.3 Å². The minimum Gasteiger partial charge on any atom is -0.329 e. The third-order valence-corrected chi connectivity index (χ3v) is 3.64. The smallest absolute Gasteiger partial charge is 0.179 e. The molecule has 0 unspecified atom stereocenters. The minimum absolute atomic E-state index is 0.620. The van der Waals surface area contributed by atoms with Crippen molar-refractivity contribution in [3.05, 3.63) is 22.1 Å². The van der Waals surface area contributed by atoms with Crippen molar-refractivity contribution in [1.82, 2.24) is 19.4 Å². The molecular formula is C12H17ClN4S. The van der Waals surface area contributed by atoms with Gasteiger partial charge in [-0.3, -0.25) is 0 Å². The molecule has 4 nitrogen and oxygen atoms in total. The monoisotopic (exact) mass is 284 g/mol. The average molecular weight is 285 g/mol. The van der Waals surface area contributed by atoms with Gasteiger partial charge < -0.3 is 14.5 Å². The Balaban J connectivity index is 2.28. The number of pyridine rings is 1. The molecule has 2 heterocycles. The van der Waals surface area contributed by atoms with Crippen molar-refractivity contribution in [3.63, 3.8) is 0 Å². The summed E-state index contributed by atoms with van der Waals surface area (Å²) < 4.78 is 2.73. The van der Waals surface area contributed by atoms with Crippen molar-refractivity contribution in [2.75, 3.05) is 19.6 Å². The Bertz CT molecular complexity index is 585. The molecule has 2 aromatic rings. The molecule has 0 spiro atoms. The number of imidazole rings is 1. The van der Waals surface area contributed by atoms with E-state index in [9.17, 15) is 0 Å². The number of likely N-dealkylation sites (N-methyl/N-ethyl adjacent to an activating group) is 1. The van der Waals surface area contributed by atoms with Gasteiger partial charge in [0.05, 0.1) is 10.5 Å². The van der Waals surface area contributed by atoms with Crippen LogP contribution in [0, 0.1) is 4.77 Å². The Morgan fingerprint density at radius 1 is 1.44 bits per heavy atom. The lowest BCUT2D eigenvalue weighted by Gasteiger charge is -2.18. The fourth-order valence-electron chi connectivity index (χ4n) is 2.01. The predicted molar refractivity (Wildman–Crippen MR) is 77.7 cm³/mol. The molecule has 0 aliphatic heterocycles. The fourth-order valence-corrected chi connectivity index (χ4v) is 2.45. The van der Waals surface area contributed by atoms with Crippen molar-refractivity contribution in [2.45, 2.75) is 20.4 Å².